The summed E-state index contributed by atoms with van der Waals surface area (Å²) >= 11 is 0. The minimum Gasteiger partial charge on any atom is -0.497 e. The van der Waals surface area contributed by atoms with Crippen LogP contribution < -0.4 is 10.1 Å². The molecular formula is C26H32N2O3. The van der Waals surface area contributed by atoms with Crippen LogP contribution in [0.5, 0.6) is 5.75 Å². The van der Waals surface area contributed by atoms with E-state index in [4.69, 9.17) is 9.47 Å². The maximum Gasteiger partial charge on any atom is 0.256 e. The molecule has 0 aliphatic heterocycles. The largest absolute Gasteiger partial charge is 0.497 e. The third-order valence-electron chi connectivity index (χ3n) is 5.71. The zero-order valence-corrected chi connectivity index (χ0v) is 18.5. The highest BCUT2D eigenvalue weighted by atomic mass is 16.5. The molecule has 1 unspecified atom stereocenters. The van der Waals surface area contributed by atoms with Crippen LogP contribution in [0.25, 0.3) is 5.57 Å². The summed E-state index contributed by atoms with van der Waals surface area (Å²) in [6.07, 6.45) is 15.5. The second-order valence-corrected chi connectivity index (χ2v) is 7.80. The summed E-state index contributed by atoms with van der Waals surface area (Å²) < 4.78 is 10.9. The van der Waals surface area contributed by atoms with Crippen molar-refractivity contribution < 1.29 is 14.3 Å². The molecule has 0 saturated carbocycles. The number of rotatable bonds is 11. The van der Waals surface area contributed by atoms with Gasteiger partial charge in [-0.25, -0.2) is 0 Å². The van der Waals surface area contributed by atoms with E-state index in [-0.39, 0.29) is 5.91 Å². The Hall–Kier alpha value is -2.92. The monoisotopic (exact) mass is 420 g/mol. The predicted octanol–water partition coefficient (Wildman–Crippen LogP) is 4.74. The first-order valence-electron chi connectivity index (χ1n) is 10.9. The highest BCUT2D eigenvalue weighted by Gasteiger charge is 2.36. The second kappa shape index (κ2) is 11.5. The SMILES string of the molecule is COc1cccc(C2=CCC(OC)(C(=O)NCCCCCCc3cccnc3)C=C2)c1. The molecule has 3 rings (SSSR count). The van der Waals surface area contributed by atoms with Gasteiger partial charge in [0.25, 0.3) is 5.91 Å². The van der Waals surface area contributed by atoms with Gasteiger partial charge in [-0.3, -0.25) is 9.78 Å². The molecule has 0 radical (unpaired) electrons. The number of unbranched alkanes of at least 4 members (excludes halogenated alkanes) is 3. The number of aryl methyl sites for hydroxylation is 1. The van der Waals surface area contributed by atoms with Gasteiger partial charge in [0.05, 0.1) is 7.11 Å². The maximum absolute atomic E-state index is 12.8. The van der Waals surface area contributed by atoms with E-state index in [1.807, 2.05) is 48.7 Å². The van der Waals surface area contributed by atoms with Crippen molar-refractivity contribution in [3.8, 4) is 5.75 Å². The van der Waals surface area contributed by atoms with Gasteiger partial charge < -0.3 is 14.8 Å². The van der Waals surface area contributed by atoms with Crippen LogP contribution in [-0.4, -0.2) is 37.3 Å². The molecule has 5 heteroatoms. The quantitative estimate of drug-likeness (QED) is 0.534. The lowest BCUT2D eigenvalue weighted by molar-refractivity contribution is -0.137. The van der Waals surface area contributed by atoms with Gasteiger partial charge in [0.2, 0.25) is 0 Å². The number of allylic oxidation sites excluding steroid dienone is 2. The number of nitrogens with one attached hydrogen (secondary N) is 1. The fraction of sp³-hybridized carbons (Fsp3) is 0.385. The van der Waals surface area contributed by atoms with Gasteiger partial charge in [-0.15, -0.1) is 0 Å². The van der Waals surface area contributed by atoms with E-state index in [1.54, 1.807) is 20.4 Å². The lowest BCUT2D eigenvalue weighted by Crippen LogP contribution is -2.47. The van der Waals surface area contributed by atoms with Crippen molar-refractivity contribution in [3.05, 3.63) is 78.1 Å². The average molecular weight is 421 g/mol. The first-order valence-corrected chi connectivity index (χ1v) is 10.9. The molecule has 31 heavy (non-hydrogen) atoms. The Bertz CT molecular complexity index is 908. The molecule has 0 fully saturated rings. The summed E-state index contributed by atoms with van der Waals surface area (Å²) in [4.78, 5) is 17.0. The Morgan fingerprint density at radius 2 is 2.00 bits per heavy atom. The molecule has 1 heterocycles. The van der Waals surface area contributed by atoms with Crippen molar-refractivity contribution >= 4 is 11.5 Å². The van der Waals surface area contributed by atoms with Crippen LogP contribution in [0.2, 0.25) is 0 Å². The molecule has 5 nitrogen and oxygen atoms in total. The van der Waals surface area contributed by atoms with Gasteiger partial charge in [0.1, 0.15) is 5.75 Å². The second-order valence-electron chi connectivity index (χ2n) is 7.80. The van der Waals surface area contributed by atoms with Crippen LogP contribution in [0.3, 0.4) is 0 Å². The number of carbonyl (C=O) groups excluding carboxylic acids is 1. The van der Waals surface area contributed by atoms with Crippen molar-refractivity contribution in [2.24, 2.45) is 0 Å². The fourth-order valence-corrected chi connectivity index (χ4v) is 3.76. The van der Waals surface area contributed by atoms with E-state index >= 15 is 0 Å². The maximum atomic E-state index is 12.8. The molecule has 1 atom stereocenters. The van der Waals surface area contributed by atoms with Gasteiger partial charge in [-0.2, -0.15) is 0 Å². The summed E-state index contributed by atoms with van der Waals surface area (Å²) in [5, 5.41) is 3.05. The lowest BCUT2D eigenvalue weighted by atomic mass is 9.88. The number of benzene rings is 1. The van der Waals surface area contributed by atoms with E-state index in [2.05, 4.69) is 22.4 Å². The topological polar surface area (TPSA) is 60.5 Å². The molecule has 164 valence electrons. The molecule has 1 amide bonds. The Morgan fingerprint density at radius 3 is 2.71 bits per heavy atom. The minimum atomic E-state index is -0.942. The fourth-order valence-electron chi connectivity index (χ4n) is 3.76. The molecular weight excluding hydrogens is 388 g/mol. The smallest absolute Gasteiger partial charge is 0.256 e. The van der Waals surface area contributed by atoms with Crippen molar-refractivity contribution in [1.82, 2.24) is 10.3 Å². The number of aromatic nitrogens is 1. The van der Waals surface area contributed by atoms with Crippen molar-refractivity contribution in [2.45, 2.75) is 44.1 Å². The number of ether oxygens (including phenoxy) is 2. The molecule has 1 aliphatic rings. The number of nitrogens with zero attached hydrogens (tertiary/aromatic N) is 1. The minimum absolute atomic E-state index is 0.0810. The average Bonchev–Trinajstić information content (AvgIpc) is 2.84. The van der Waals surface area contributed by atoms with E-state index in [0.717, 1.165) is 49.0 Å². The molecule has 1 aromatic carbocycles. The number of carbonyl (C=O) groups is 1. The Kier molecular flexibility index (Phi) is 8.42. The summed E-state index contributed by atoms with van der Waals surface area (Å²) in [7, 11) is 3.25. The number of hydrogen-bond donors (Lipinski definition) is 1. The standard InChI is InChI=1S/C26H32N2O3/c1-30-24-12-7-11-23(19-24)22-13-15-26(31-2,16-14-22)25(29)28-18-6-4-3-5-9-21-10-8-17-27-20-21/h7-8,10-15,17,19-20H,3-6,9,16,18H2,1-2H3,(H,28,29). The molecule has 0 bridgehead atoms. The van der Waals surface area contributed by atoms with Crippen molar-refractivity contribution in [1.29, 1.82) is 0 Å². The van der Waals surface area contributed by atoms with E-state index in [9.17, 15) is 4.79 Å². The van der Waals surface area contributed by atoms with Crippen LogP contribution in [-0.2, 0) is 16.0 Å². The molecule has 1 aliphatic carbocycles. The number of amides is 1. The van der Waals surface area contributed by atoms with Crippen LogP contribution in [0, 0.1) is 0 Å². The zero-order chi connectivity index (χ0) is 21.9. The Balaban J connectivity index is 1.41. The molecule has 0 spiro atoms. The van der Waals surface area contributed by atoms with Crippen LogP contribution in [0.4, 0.5) is 0 Å². The third-order valence-corrected chi connectivity index (χ3v) is 5.71. The molecule has 0 saturated heterocycles. The zero-order valence-electron chi connectivity index (χ0n) is 18.5. The Labute approximate surface area is 185 Å². The van der Waals surface area contributed by atoms with Crippen LogP contribution in [0.15, 0.2) is 67.0 Å². The first kappa shape index (κ1) is 22.8. The van der Waals surface area contributed by atoms with E-state index in [1.165, 1.54) is 5.56 Å². The van der Waals surface area contributed by atoms with Crippen LogP contribution in [0.1, 0.15) is 43.2 Å². The van der Waals surface area contributed by atoms with Crippen LogP contribution >= 0.6 is 0 Å². The number of hydrogen-bond acceptors (Lipinski definition) is 4. The molecule has 1 aromatic heterocycles. The predicted molar refractivity (Wildman–Crippen MR) is 124 cm³/mol. The first-order chi connectivity index (χ1) is 15.2. The summed E-state index contributed by atoms with van der Waals surface area (Å²) in [6.45, 7) is 0.664. The highest BCUT2D eigenvalue weighted by Crippen LogP contribution is 2.30. The van der Waals surface area contributed by atoms with E-state index < -0.39 is 5.60 Å². The summed E-state index contributed by atoms with van der Waals surface area (Å²) in [6, 6.07) is 12.0. The normalized spacial score (nSPS) is 17.8. The molecule has 1 N–H and O–H groups in total. The van der Waals surface area contributed by atoms with Gasteiger partial charge in [0.15, 0.2) is 5.60 Å². The highest BCUT2D eigenvalue weighted by molar-refractivity contribution is 5.90. The van der Waals surface area contributed by atoms with Gasteiger partial charge >= 0.3 is 0 Å². The Morgan fingerprint density at radius 1 is 1.13 bits per heavy atom. The lowest BCUT2D eigenvalue weighted by Gasteiger charge is -2.29. The van der Waals surface area contributed by atoms with Gasteiger partial charge in [-0.05, 0) is 60.2 Å². The van der Waals surface area contributed by atoms with Gasteiger partial charge in [-0.1, -0.05) is 43.2 Å². The number of methoxy groups -OCH3 is 2. The summed E-state index contributed by atoms with van der Waals surface area (Å²) in [5.74, 6) is 0.733. The van der Waals surface area contributed by atoms with Gasteiger partial charge in [0, 0.05) is 32.5 Å². The number of pyridine rings is 1. The molecule has 2 aromatic rings. The van der Waals surface area contributed by atoms with Crippen molar-refractivity contribution in [3.63, 3.8) is 0 Å². The van der Waals surface area contributed by atoms with Crippen molar-refractivity contribution in [2.75, 3.05) is 20.8 Å². The third kappa shape index (κ3) is 6.28. The summed E-state index contributed by atoms with van der Waals surface area (Å²) in [5.41, 5.74) is 2.46. The van der Waals surface area contributed by atoms with E-state index in [0.29, 0.717) is 13.0 Å².